The maximum absolute atomic E-state index is 10.6. The molecule has 0 spiro atoms. The van der Waals surface area contributed by atoms with E-state index in [1.54, 1.807) is 6.07 Å². The lowest BCUT2D eigenvalue weighted by molar-refractivity contribution is -0.137. The molecule has 1 aromatic heterocycles. The van der Waals surface area contributed by atoms with Crippen LogP contribution in [0.5, 0.6) is 6.01 Å². The smallest absolute Gasteiger partial charge is 0.319 e. The summed E-state index contributed by atoms with van der Waals surface area (Å²) in [4.78, 5) is 21.1. The van der Waals surface area contributed by atoms with E-state index in [9.17, 15) is 4.79 Å². The second kappa shape index (κ2) is 7.05. The van der Waals surface area contributed by atoms with Gasteiger partial charge in [-0.05, 0) is 24.0 Å². The lowest BCUT2D eigenvalue weighted by Gasteiger charge is -2.34. The van der Waals surface area contributed by atoms with Gasteiger partial charge in [-0.3, -0.25) is 4.79 Å². The molecular formula is C17H18ClN3O3. The number of hydrogen-bond acceptors (Lipinski definition) is 5. The molecular weight excluding hydrogens is 330 g/mol. The van der Waals surface area contributed by atoms with Gasteiger partial charge in [0.2, 0.25) is 0 Å². The van der Waals surface area contributed by atoms with Crippen LogP contribution in [0.2, 0.25) is 5.15 Å². The monoisotopic (exact) mass is 347 g/mol. The molecule has 0 saturated carbocycles. The average molecular weight is 348 g/mol. The number of carbonyl (C=O) groups is 1. The van der Waals surface area contributed by atoms with Crippen molar-refractivity contribution in [2.75, 3.05) is 18.1 Å². The maximum atomic E-state index is 10.6. The Bertz CT molecular complexity index is 754. The number of benzene rings is 1. The number of para-hydroxylation sites is 1. The molecule has 7 heteroatoms. The van der Waals surface area contributed by atoms with Gasteiger partial charge in [-0.2, -0.15) is 9.97 Å². The molecule has 1 aliphatic rings. The SMILES string of the molecule is CC1Cc2ccccc2N(c2cc(Cl)nc(OCCC(=O)O)n2)C1. The van der Waals surface area contributed by atoms with Gasteiger partial charge in [-0.25, -0.2) is 0 Å². The molecule has 1 aliphatic heterocycles. The van der Waals surface area contributed by atoms with Crippen molar-refractivity contribution in [3.05, 3.63) is 41.0 Å². The van der Waals surface area contributed by atoms with Gasteiger partial charge < -0.3 is 14.7 Å². The average Bonchev–Trinajstić information content (AvgIpc) is 2.53. The van der Waals surface area contributed by atoms with Crippen LogP contribution in [0, 0.1) is 5.92 Å². The van der Waals surface area contributed by atoms with Crippen molar-refractivity contribution in [3.63, 3.8) is 0 Å². The molecule has 6 nitrogen and oxygen atoms in total. The lowest BCUT2D eigenvalue weighted by Crippen LogP contribution is -2.31. The van der Waals surface area contributed by atoms with Crippen molar-refractivity contribution < 1.29 is 14.6 Å². The Morgan fingerprint density at radius 2 is 2.21 bits per heavy atom. The first-order valence-corrected chi connectivity index (χ1v) is 8.15. The highest BCUT2D eigenvalue weighted by molar-refractivity contribution is 6.29. The van der Waals surface area contributed by atoms with E-state index < -0.39 is 5.97 Å². The van der Waals surface area contributed by atoms with Gasteiger partial charge in [0.25, 0.3) is 0 Å². The molecule has 2 aromatic rings. The van der Waals surface area contributed by atoms with Crippen LogP contribution in [0.4, 0.5) is 11.5 Å². The van der Waals surface area contributed by atoms with E-state index in [-0.39, 0.29) is 24.2 Å². The van der Waals surface area contributed by atoms with Gasteiger partial charge in [-0.15, -0.1) is 0 Å². The van der Waals surface area contributed by atoms with E-state index in [1.165, 1.54) is 5.56 Å². The van der Waals surface area contributed by atoms with Crippen LogP contribution in [0.25, 0.3) is 0 Å². The Labute approximate surface area is 145 Å². The fourth-order valence-corrected chi connectivity index (χ4v) is 3.00. The summed E-state index contributed by atoms with van der Waals surface area (Å²) in [5.74, 6) is 0.195. The summed E-state index contributed by atoms with van der Waals surface area (Å²) in [5.41, 5.74) is 2.36. The number of nitrogens with zero attached hydrogens (tertiary/aromatic N) is 3. The Hall–Kier alpha value is -2.34. The Morgan fingerprint density at radius 3 is 3.00 bits per heavy atom. The van der Waals surface area contributed by atoms with Gasteiger partial charge in [0.05, 0.1) is 6.42 Å². The minimum atomic E-state index is -0.934. The molecule has 1 atom stereocenters. The molecule has 0 fully saturated rings. The lowest BCUT2D eigenvalue weighted by atomic mass is 9.94. The number of carboxylic acid groups (broad SMARTS) is 1. The third-order valence-corrected chi connectivity index (χ3v) is 4.02. The third-order valence-electron chi connectivity index (χ3n) is 3.83. The summed E-state index contributed by atoms with van der Waals surface area (Å²) in [5, 5.41) is 8.95. The van der Waals surface area contributed by atoms with E-state index in [4.69, 9.17) is 21.4 Å². The molecule has 2 heterocycles. The minimum Gasteiger partial charge on any atom is -0.481 e. The largest absolute Gasteiger partial charge is 0.481 e. The zero-order valence-electron chi connectivity index (χ0n) is 13.3. The van der Waals surface area contributed by atoms with Gasteiger partial charge in [0.1, 0.15) is 17.6 Å². The molecule has 0 amide bonds. The van der Waals surface area contributed by atoms with Crippen molar-refractivity contribution in [2.45, 2.75) is 19.8 Å². The van der Waals surface area contributed by atoms with Gasteiger partial charge in [-0.1, -0.05) is 36.7 Å². The quantitative estimate of drug-likeness (QED) is 0.836. The zero-order chi connectivity index (χ0) is 17.1. The Morgan fingerprint density at radius 1 is 1.42 bits per heavy atom. The van der Waals surface area contributed by atoms with Gasteiger partial charge >= 0.3 is 12.0 Å². The number of carboxylic acids is 1. The molecule has 0 saturated heterocycles. The van der Waals surface area contributed by atoms with Crippen LogP contribution >= 0.6 is 11.6 Å². The molecule has 3 rings (SSSR count). The van der Waals surface area contributed by atoms with E-state index >= 15 is 0 Å². The Kier molecular flexibility index (Phi) is 4.85. The highest BCUT2D eigenvalue weighted by atomic mass is 35.5. The number of halogens is 1. The van der Waals surface area contributed by atoms with Crippen LogP contribution in [0.15, 0.2) is 30.3 Å². The molecule has 1 unspecified atom stereocenters. The predicted octanol–water partition coefficient (Wildman–Crippen LogP) is 3.31. The number of hydrogen-bond donors (Lipinski definition) is 1. The molecule has 24 heavy (non-hydrogen) atoms. The molecule has 1 aromatic carbocycles. The van der Waals surface area contributed by atoms with Crippen LogP contribution in [-0.2, 0) is 11.2 Å². The summed E-state index contributed by atoms with van der Waals surface area (Å²) in [6.07, 6.45) is 0.905. The summed E-state index contributed by atoms with van der Waals surface area (Å²) in [6, 6.07) is 9.99. The second-order valence-electron chi connectivity index (χ2n) is 5.87. The topological polar surface area (TPSA) is 75.6 Å². The first-order chi connectivity index (χ1) is 11.5. The molecule has 0 radical (unpaired) electrons. The van der Waals surface area contributed by atoms with Gasteiger partial charge in [0, 0.05) is 18.3 Å². The molecule has 0 aliphatic carbocycles. The number of ether oxygens (including phenoxy) is 1. The highest BCUT2D eigenvalue weighted by Crippen LogP contribution is 2.35. The number of aliphatic carboxylic acids is 1. The summed E-state index contributed by atoms with van der Waals surface area (Å²) >= 11 is 6.10. The maximum Gasteiger partial charge on any atom is 0.319 e. The van der Waals surface area contributed by atoms with Gasteiger partial charge in [0.15, 0.2) is 0 Å². The number of fused-ring (bicyclic) bond motifs is 1. The number of aromatic nitrogens is 2. The number of rotatable bonds is 5. The molecule has 0 bridgehead atoms. The third kappa shape index (κ3) is 3.76. The van der Waals surface area contributed by atoms with E-state index in [0.29, 0.717) is 11.7 Å². The van der Waals surface area contributed by atoms with Crippen molar-refractivity contribution >= 4 is 29.1 Å². The predicted molar refractivity (Wildman–Crippen MR) is 91.1 cm³/mol. The van der Waals surface area contributed by atoms with Crippen LogP contribution in [0.3, 0.4) is 0 Å². The summed E-state index contributed by atoms with van der Waals surface area (Å²) < 4.78 is 5.33. The molecule has 1 N–H and O–H groups in total. The first-order valence-electron chi connectivity index (χ1n) is 7.77. The standard InChI is InChI=1S/C17H18ClN3O3/c1-11-8-12-4-2-3-5-13(12)21(10-11)15-9-14(18)19-17(20-15)24-7-6-16(22)23/h2-5,9,11H,6-8,10H2,1H3,(H,22,23). The zero-order valence-corrected chi connectivity index (χ0v) is 14.0. The van der Waals surface area contributed by atoms with Crippen LogP contribution < -0.4 is 9.64 Å². The fourth-order valence-electron chi connectivity index (χ4n) is 2.83. The summed E-state index contributed by atoms with van der Waals surface area (Å²) in [7, 11) is 0. The van der Waals surface area contributed by atoms with Crippen LogP contribution in [0.1, 0.15) is 18.9 Å². The first kappa shape index (κ1) is 16.5. The Balaban J connectivity index is 1.89. The van der Waals surface area contributed by atoms with E-state index in [1.807, 2.05) is 12.1 Å². The van der Waals surface area contributed by atoms with Crippen molar-refractivity contribution in [1.82, 2.24) is 9.97 Å². The van der Waals surface area contributed by atoms with Crippen molar-refractivity contribution in [2.24, 2.45) is 5.92 Å². The summed E-state index contributed by atoms with van der Waals surface area (Å²) in [6.45, 7) is 3.01. The van der Waals surface area contributed by atoms with Crippen LogP contribution in [-0.4, -0.2) is 34.2 Å². The normalized spacial score (nSPS) is 16.6. The highest BCUT2D eigenvalue weighted by Gasteiger charge is 2.24. The van der Waals surface area contributed by atoms with Crippen molar-refractivity contribution in [1.29, 1.82) is 0 Å². The van der Waals surface area contributed by atoms with Crippen molar-refractivity contribution in [3.8, 4) is 6.01 Å². The minimum absolute atomic E-state index is 0.00209. The number of anilines is 2. The second-order valence-corrected chi connectivity index (χ2v) is 6.26. The van der Waals surface area contributed by atoms with E-state index in [0.717, 1.165) is 18.7 Å². The van der Waals surface area contributed by atoms with E-state index in [2.05, 4.69) is 33.9 Å². The fraction of sp³-hybridized carbons (Fsp3) is 0.353. The molecule has 126 valence electrons.